The monoisotopic (exact) mass is 390 g/mol. The number of nitriles is 1. The number of anilines is 2. The lowest BCUT2D eigenvalue weighted by Crippen LogP contribution is -2.26. The molecule has 30 heavy (non-hydrogen) atoms. The minimum Gasteiger partial charge on any atom is -0.508 e. The number of aromatic hydroxyl groups is 1. The van der Waals surface area contributed by atoms with E-state index in [2.05, 4.69) is 6.07 Å². The van der Waals surface area contributed by atoms with Crippen LogP contribution >= 0.6 is 0 Å². The molecule has 4 nitrogen and oxygen atoms in total. The van der Waals surface area contributed by atoms with Crippen molar-refractivity contribution in [1.29, 1.82) is 5.26 Å². The highest BCUT2D eigenvalue weighted by atomic mass is 16.3. The summed E-state index contributed by atoms with van der Waals surface area (Å²) in [4.78, 5) is 14.9. The van der Waals surface area contributed by atoms with Gasteiger partial charge in [0.2, 0.25) is 0 Å². The second-order valence-electron chi connectivity index (χ2n) is 6.73. The summed E-state index contributed by atoms with van der Waals surface area (Å²) in [5.41, 5.74) is 3.86. The Morgan fingerprint density at radius 3 is 2.00 bits per heavy atom. The van der Waals surface area contributed by atoms with Gasteiger partial charge in [-0.3, -0.25) is 9.69 Å². The van der Waals surface area contributed by atoms with Gasteiger partial charge in [-0.15, -0.1) is 0 Å². The van der Waals surface area contributed by atoms with E-state index >= 15 is 0 Å². The Bertz CT molecular complexity index is 1210. The molecule has 4 rings (SSSR count). The quantitative estimate of drug-likeness (QED) is 0.471. The smallest absolute Gasteiger partial charge is 0.262 e. The lowest BCUT2D eigenvalue weighted by Gasteiger charge is -2.24. The van der Waals surface area contributed by atoms with Crippen molar-refractivity contribution in [3.05, 3.63) is 114 Å². The summed E-state index contributed by atoms with van der Waals surface area (Å²) in [7, 11) is 0. The predicted octanol–water partition coefficient (Wildman–Crippen LogP) is 5.91. The third kappa shape index (κ3) is 3.78. The van der Waals surface area contributed by atoms with Crippen molar-refractivity contribution in [3.8, 4) is 22.9 Å². The van der Waals surface area contributed by atoms with Gasteiger partial charge in [0.15, 0.2) is 0 Å². The predicted molar refractivity (Wildman–Crippen MR) is 118 cm³/mol. The van der Waals surface area contributed by atoms with Gasteiger partial charge in [-0.25, -0.2) is 0 Å². The van der Waals surface area contributed by atoms with Gasteiger partial charge < -0.3 is 5.11 Å². The summed E-state index contributed by atoms with van der Waals surface area (Å²) in [6.45, 7) is 0. The first-order valence-corrected chi connectivity index (χ1v) is 9.45. The molecule has 0 aliphatic carbocycles. The zero-order valence-corrected chi connectivity index (χ0v) is 16.1. The minimum atomic E-state index is -0.259. The summed E-state index contributed by atoms with van der Waals surface area (Å²) in [6, 6.07) is 33.0. The van der Waals surface area contributed by atoms with Crippen molar-refractivity contribution in [2.45, 2.75) is 0 Å². The molecule has 4 aromatic rings. The fraction of sp³-hybridized carbons (Fsp3) is 0. The summed E-state index contributed by atoms with van der Waals surface area (Å²) in [5, 5.41) is 19.4. The van der Waals surface area contributed by atoms with E-state index in [0.29, 0.717) is 16.9 Å². The molecule has 0 aliphatic heterocycles. The van der Waals surface area contributed by atoms with Crippen LogP contribution in [0.5, 0.6) is 5.75 Å². The zero-order valence-electron chi connectivity index (χ0n) is 16.1. The van der Waals surface area contributed by atoms with Crippen LogP contribution in [-0.2, 0) is 0 Å². The van der Waals surface area contributed by atoms with Crippen LogP contribution in [0.4, 0.5) is 11.4 Å². The van der Waals surface area contributed by atoms with Crippen LogP contribution in [0.25, 0.3) is 11.1 Å². The number of carbonyl (C=O) groups is 1. The average Bonchev–Trinajstić information content (AvgIpc) is 2.81. The Labute approximate surface area is 174 Å². The van der Waals surface area contributed by atoms with Crippen molar-refractivity contribution in [1.82, 2.24) is 0 Å². The highest BCUT2D eigenvalue weighted by Gasteiger charge is 2.22. The second kappa shape index (κ2) is 8.34. The molecule has 0 fully saturated rings. The van der Waals surface area contributed by atoms with E-state index in [1.54, 1.807) is 30.3 Å². The largest absolute Gasteiger partial charge is 0.508 e. The molecule has 1 amide bonds. The fourth-order valence-corrected chi connectivity index (χ4v) is 3.32. The molecule has 1 N–H and O–H groups in total. The van der Waals surface area contributed by atoms with Gasteiger partial charge in [-0.05, 0) is 53.6 Å². The van der Waals surface area contributed by atoms with Crippen LogP contribution in [0.2, 0.25) is 0 Å². The van der Waals surface area contributed by atoms with E-state index in [1.165, 1.54) is 17.0 Å². The molecule has 0 bridgehead atoms. The van der Waals surface area contributed by atoms with Gasteiger partial charge in [-0.1, -0.05) is 60.7 Å². The lowest BCUT2D eigenvalue weighted by atomic mass is 10.0. The Hall–Kier alpha value is -4.36. The van der Waals surface area contributed by atoms with Crippen molar-refractivity contribution >= 4 is 17.3 Å². The molecule has 0 atom stereocenters. The number of amides is 1. The van der Waals surface area contributed by atoms with Crippen LogP contribution in [0.3, 0.4) is 0 Å². The first kappa shape index (κ1) is 19.0. The number of benzene rings is 4. The van der Waals surface area contributed by atoms with E-state index in [4.69, 9.17) is 0 Å². The van der Waals surface area contributed by atoms with Gasteiger partial charge in [0.05, 0.1) is 11.3 Å². The topological polar surface area (TPSA) is 64.3 Å². The van der Waals surface area contributed by atoms with E-state index in [1.807, 2.05) is 60.7 Å². The second-order valence-corrected chi connectivity index (χ2v) is 6.73. The highest BCUT2D eigenvalue weighted by molar-refractivity contribution is 6.11. The summed E-state index contributed by atoms with van der Waals surface area (Å²) in [5.74, 6) is -0.285. The van der Waals surface area contributed by atoms with E-state index in [-0.39, 0.29) is 17.2 Å². The minimum absolute atomic E-state index is 0.0261. The third-order valence-electron chi connectivity index (χ3n) is 4.80. The SMILES string of the molecule is N#Cc1cc(O)ccc1N(C(=O)c1ccccc1)c1ccc(-c2ccccc2)cc1. The van der Waals surface area contributed by atoms with Crippen LogP contribution in [0.15, 0.2) is 103 Å². The first-order chi connectivity index (χ1) is 14.7. The molecule has 0 unspecified atom stereocenters. The maximum Gasteiger partial charge on any atom is 0.262 e. The maximum atomic E-state index is 13.4. The summed E-state index contributed by atoms with van der Waals surface area (Å²) < 4.78 is 0. The number of nitrogens with zero attached hydrogens (tertiary/aromatic N) is 2. The molecule has 0 heterocycles. The van der Waals surface area contributed by atoms with Gasteiger partial charge in [0.25, 0.3) is 5.91 Å². The van der Waals surface area contributed by atoms with E-state index in [9.17, 15) is 15.2 Å². The van der Waals surface area contributed by atoms with Crippen molar-refractivity contribution in [3.63, 3.8) is 0 Å². The van der Waals surface area contributed by atoms with Crippen molar-refractivity contribution < 1.29 is 9.90 Å². The molecule has 4 aromatic carbocycles. The van der Waals surface area contributed by atoms with Gasteiger partial charge in [0, 0.05) is 11.3 Å². The Balaban J connectivity index is 1.82. The van der Waals surface area contributed by atoms with Crippen LogP contribution in [-0.4, -0.2) is 11.0 Å². The average molecular weight is 390 g/mol. The molecule has 0 spiro atoms. The van der Waals surface area contributed by atoms with Gasteiger partial charge in [0.1, 0.15) is 11.8 Å². The van der Waals surface area contributed by atoms with Crippen LogP contribution < -0.4 is 4.90 Å². The normalized spacial score (nSPS) is 10.2. The molecule has 144 valence electrons. The number of hydrogen-bond acceptors (Lipinski definition) is 3. The van der Waals surface area contributed by atoms with E-state index in [0.717, 1.165) is 11.1 Å². The zero-order chi connectivity index (χ0) is 20.9. The number of rotatable bonds is 4. The number of hydrogen-bond donors (Lipinski definition) is 1. The molecule has 0 aromatic heterocycles. The standard InChI is InChI=1S/C26H18N2O2/c27-18-22-17-24(29)15-16-25(22)28(26(30)21-9-5-2-6-10-21)23-13-11-20(12-14-23)19-7-3-1-4-8-19/h1-17,29H. The van der Waals surface area contributed by atoms with Gasteiger partial charge in [-0.2, -0.15) is 5.26 Å². The molecule has 0 saturated carbocycles. The summed E-state index contributed by atoms with van der Waals surface area (Å²) >= 11 is 0. The van der Waals surface area contributed by atoms with E-state index < -0.39 is 0 Å². The molecule has 4 heteroatoms. The molecule has 0 radical (unpaired) electrons. The Morgan fingerprint density at radius 1 is 0.767 bits per heavy atom. The molecule has 0 saturated heterocycles. The van der Waals surface area contributed by atoms with Crippen molar-refractivity contribution in [2.24, 2.45) is 0 Å². The molecule has 0 aliphatic rings. The third-order valence-corrected chi connectivity index (χ3v) is 4.80. The van der Waals surface area contributed by atoms with Crippen LogP contribution in [0.1, 0.15) is 15.9 Å². The lowest BCUT2D eigenvalue weighted by molar-refractivity contribution is 0.0999. The highest BCUT2D eigenvalue weighted by Crippen LogP contribution is 2.33. The van der Waals surface area contributed by atoms with Crippen LogP contribution in [0, 0.1) is 11.3 Å². The Morgan fingerprint density at radius 2 is 1.37 bits per heavy atom. The number of phenols is 1. The van der Waals surface area contributed by atoms with Crippen molar-refractivity contribution in [2.75, 3.05) is 4.90 Å². The summed E-state index contributed by atoms with van der Waals surface area (Å²) in [6.07, 6.45) is 0. The first-order valence-electron chi connectivity index (χ1n) is 9.45. The molecular weight excluding hydrogens is 372 g/mol. The number of phenolic OH excluding ortho intramolecular Hbond substituents is 1. The Kier molecular flexibility index (Phi) is 5.27. The number of carbonyl (C=O) groups excluding carboxylic acids is 1. The van der Waals surface area contributed by atoms with Gasteiger partial charge >= 0.3 is 0 Å². The molecular formula is C26H18N2O2. The fourth-order valence-electron chi connectivity index (χ4n) is 3.32. The maximum absolute atomic E-state index is 13.4.